The van der Waals surface area contributed by atoms with Crippen LogP contribution >= 0.6 is 11.5 Å². The fourth-order valence-electron chi connectivity index (χ4n) is 2.18. The van der Waals surface area contributed by atoms with Crippen molar-refractivity contribution in [3.63, 3.8) is 0 Å². The summed E-state index contributed by atoms with van der Waals surface area (Å²) in [5.41, 5.74) is 1.52. The standard InChI is InChI=1S/C19H20N4O2S/c1-13(2)12-25-16-11-7-6-10-15(16)20-18(24)22-19-21-17(23-26-19)14-8-4-3-5-9-14/h3-11,13H,12H2,1-2H3,(H2,20,21,22,23,24). The second kappa shape index (κ2) is 8.44. The molecule has 0 radical (unpaired) electrons. The van der Waals surface area contributed by atoms with Crippen LogP contribution in [0.15, 0.2) is 54.6 Å². The number of aromatic nitrogens is 2. The Hall–Kier alpha value is -2.93. The lowest BCUT2D eigenvalue weighted by atomic mass is 10.2. The Balaban J connectivity index is 1.64. The monoisotopic (exact) mass is 368 g/mol. The van der Waals surface area contributed by atoms with E-state index >= 15 is 0 Å². The van der Waals surface area contributed by atoms with Gasteiger partial charge in [-0.3, -0.25) is 5.32 Å². The number of hydrogen-bond donors (Lipinski definition) is 2. The van der Waals surface area contributed by atoms with Gasteiger partial charge < -0.3 is 10.1 Å². The molecule has 0 spiro atoms. The average molecular weight is 368 g/mol. The van der Waals surface area contributed by atoms with Crippen LogP contribution < -0.4 is 15.4 Å². The SMILES string of the molecule is CC(C)COc1ccccc1NC(=O)Nc1nc(-c2ccccc2)ns1. The molecule has 0 atom stereocenters. The minimum atomic E-state index is -0.388. The van der Waals surface area contributed by atoms with E-state index in [0.717, 1.165) is 17.1 Å². The van der Waals surface area contributed by atoms with E-state index < -0.39 is 0 Å². The number of urea groups is 1. The van der Waals surface area contributed by atoms with Gasteiger partial charge in [-0.2, -0.15) is 9.36 Å². The Bertz CT molecular complexity index is 865. The first-order chi connectivity index (χ1) is 12.6. The topological polar surface area (TPSA) is 76.1 Å². The summed E-state index contributed by atoms with van der Waals surface area (Å²) >= 11 is 1.14. The first kappa shape index (κ1) is 17.9. The van der Waals surface area contributed by atoms with Gasteiger partial charge in [-0.1, -0.05) is 56.3 Å². The number of hydrogen-bond acceptors (Lipinski definition) is 5. The van der Waals surface area contributed by atoms with Crippen LogP contribution in [0, 0.1) is 5.92 Å². The summed E-state index contributed by atoms with van der Waals surface area (Å²) in [5.74, 6) is 1.62. The lowest BCUT2D eigenvalue weighted by Gasteiger charge is -2.13. The van der Waals surface area contributed by atoms with Crippen LogP contribution in [0.2, 0.25) is 0 Å². The minimum Gasteiger partial charge on any atom is -0.491 e. The Kier molecular flexibility index (Phi) is 5.80. The summed E-state index contributed by atoms with van der Waals surface area (Å²) in [7, 11) is 0. The Labute approximate surface area is 156 Å². The van der Waals surface area contributed by atoms with Gasteiger partial charge in [0.05, 0.1) is 12.3 Å². The van der Waals surface area contributed by atoms with Crippen LogP contribution in [0.25, 0.3) is 11.4 Å². The van der Waals surface area contributed by atoms with E-state index in [1.54, 1.807) is 6.07 Å². The molecule has 1 aromatic heterocycles. The van der Waals surface area contributed by atoms with E-state index in [9.17, 15) is 4.79 Å². The summed E-state index contributed by atoms with van der Waals surface area (Å²) in [4.78, 5) is 16.6. The molecule has 7 heteroatoms. The van der Waals surface area contributed by atoms with Crippen molar-refractivity contribution in [2.75, 3.05) is 17.2 Å². The summed E-state index contributed by atoms with van der Waals surface area (Å²) in [6.07, 6.45) is 0. The molecular weight excluding hydrogens is 348 g/mol. The molecule has 0 saturated heterocycles. The third-order valence-electron chi connectivity index (χ3n) is 3.39. The predicted molar refractivity (Wildman–Crippen MR) is 105 cm³/mol. The summed E-state index contributed by atoms with van der Waals surface area (Å²) < 4.78 is 10.0. The molecular formula is C19H20N4O2S. The molecule has 0 fully saturated rings. The average Bonchev–Trinajstić information content (AvgIpc) is 3.10. The number of nitrogens with one attached hydrogen (secondary N) is 2. The highest BCUT2D eigenvalue weighted by atomic mass is 32.1. The van der Waals surface area contributed by atoms with Gasteiger partial charge >= 0.3 is 6.03 Å². The zero-order chi connectivity index (χ0) is 18.4. The van der Waals surface area contributed by atoms with Crippen molar-refractivity contribution in [2.45, 2.75) is 13.8 Å². The number of benzene rings is 2. The summed E-state index contributed by atoms with van der Waals surface area (Å²) in [6, 6.07) is 16.6. The molecule has 0 aliphatic carbocycles. The lowest BCUT2D eigenvalue weighted by Crippen LogP contribution is -2.20. The number of anilines is 2. The third-order valence-corrected chi connectivity index (χ3v) is 4.02. The molecule has 0 saturated carbocycles. The zero-order valence-electron chi connectivity index (χ0n) is 14.6. The zero-order valence-corrected chi connectivity index (χ0v) is 15.4. The molecule has 0 unspecified atom stereocenters. The molecule has 0 aliphatic heterocycles. The number of para-hydroxylation sites is 2. The highest BCUT2D eigenvalue weighted by molar-refractivity contribution is 7.10. The van der Waals surface area contributed by atoms with E-state index in [4.69, 9.17) is 4.74 Å². The van der Waals surface area contributed by atoms with Gasteiger partial charge in [0.25, 0.3) is 0 Å². The number of rotatable bonds is 6. The van der Waals surface area contributed by atoms with Gasteiger partial charge in [-0.05, 0) is 18.1 Å². The maximum Gasteiger partial charge on any atom is 0.325 e. The van der Waals surface area contributed by atoms with Gasteiger partial charge in [-0.15, -0.1) is 0 Å². The summed E-state index contributed by atoms with van der Waals surface area (Å²) in [6.45, 7) is 4.72. The van der Waals surface area contributed by atoms with Gasteiger partial charge in [0.1, 0.15) is 5.75 Å². The van der Waals surface area contributed by atoms with E-state index in [0.29, 0.717) is 34.9 Å². The van der Waals surface area contributed by atoms with Gasteiger partial charge in [0, 0.05) is 17.1 Å². The summed E-state index contributed by atoms with van der Waals surface area (Å²) in [5, 5.41) is 5.94. The minimum absolute atomic E-state index is 0.388. The molecule has 0 bridgehead atoms. The van der Waals surface area contributed by atoms with Crippen molar-refractivity contribution < 1.29 is 9.53 Å². The Morgan fingerprint density at radius 2 is 1.81 bits per heavy atom. The van der Waals surface area contributed by atoms with Crippen LogP contribution in [0.5, 0.6) is 5.75 Å². The van der Waals surface area contributed by atoms with Gasteiger partial charge in [-0.25, -0.2) is 4.79 Å². The molecule has 2 aromatic carbocycles. The Morgan fingerprint density at radius 1 is 1.08 bits per heavy atom. The quantitative estimate of drug-likeness (QED) is 0.650. The van der Waals surface area contributed by atoms with E-state index in [1.807, 2.05) is 48.5 Å². The molecule has 3 aromatic rings. The number of nitrogens with zero attached hydrogens (tertiary/aromatic N) is 2. The third kappa shape index (κ3) is 4.80. The maximum absolute atomic E-state index is 12.3. The largest absolute Gasteiger partial charge is 0.491 e. The second-order valence-electron chi connectivity index (χ2n) is 6.07. The molecule has 6 nitrogen and oxygen atoms in total. The fraction of sp³-hybridized carbons (Fsp3) is 0.211. The van der Waals surface area contributed by atoms with Crippen LogP contribution in [0.3, 0.4) is 0 Å². The predicted octanol–water partition coefficient (Wildman–Crippen LogP) is 4.88. The number of ether oxygens (including phenoxy) is 1. The molecule has 3 rings (SSSR count). The first-order valence-electron chi connectivity index (χ1n) is 8.31. The van der Waals surface area contributed by atoms with E-state index in [2.05, 4.69) is 33.8 Å². The highest BCUT2D eigenvalue weighted by Crippen LogP contribution is 2.25. The number of carbonyl (C=O) groups is 1. The molecule has 2 amide bonds. The lowest BCUT2D eigenvalue weighted by molar-refractivity contribution is 0.260. The molecule has 2 N–H and O–H groups in total. The van der Waals surface area contributed by atoms with Crippen molar-refractivity contribution in [2.24, 2.45) is 5.92 Å². The first-order valence-corrected chi connectivity index (χ1v) is 9.08. The molecule has 0 aliphatic rings. The molecule has 1 heterocycles. The van der Waals surface area contributed by atoms with Crippen LogP contribution in [-0.4, -0.2) is 22.0 Å². The molecule has 26 heavy (non-hydrogen) atoms. The van der Waals surface area contributed by atoms with Gasteiger partial charge in [0.15, 0.2) is 5.82 Å². The van der Waals surface area contributed by atoms with Crippen molar-refractivity contribution in [3.8, 4) is 17.1 Å². The van der Waals surface area contributed by atoms with Crippen molar-refractivity contribution in [1.29, 1.82) is 0 Å². The maximum atomic E-state index is 12.3. The van der Waals surface area contributed by atoms with Crippen LogP contribution in [0.1, 0.15) is 13.8 Å². The second-order valence-corrected chi connectivity index (χ2v) is 6.82. The Morgan fingerprint density at radius 3 is 2.58 bits per heavy atom. The fourth-order valence-corrected chi connectivity index (χ4v) is 2.77. The smallest absolute Gasteiger partial charge is 0.325 e. The van der Waals surface area contributed by atoms with Crippen molar-refractivity contribution >= 4 is 28.4 Å². The number of amides is 2. The van der Waals surface area contributed by atoms with Gasteiger partial charge in [0.2, 0.25) is 5.13 Å². The van der Waals surface area contributed by atoms with Crippen LogP contribution in [-0.2, 0) is 0 Å². The molecule has 134 valence electrons. The normalized spacial score (nSPS) is 10.6. The van der Waals surface area contributed by atoms with E-state index in [-0.39, 0.29) is 6.03 Å². The highest BCUT2D eigenvalue weighted by Gasteiger charge is 2.12. The van der Waals surface area contributed by atoms with Crippen LogP contribution in [0.4, 0.5) is 15.6 Å². The van der Waals surface area contributed by atoms with Crippen molar-refractivity contribution in [1.82, 2.24) is 9.36 Å². The van der Waals surface area contributed by atoms with Crippen molar-refractivity contribution in [3.05, 3.63) is 54.6 Å². The van der Waals surface area contributed by atoms with E-state index in [1.165, 1.54) is 0 Å². The number of carbonyl (C=O) groups excluding carboxylic acids is 1.